The molecular formula is C13H20F5N. The number of halogens is 5. The Hall–Kier alpha value is -1.33. The Morgan fingerprint density at radius 3 is 1.26 bits per heavy atom. The summed E-state index contributed by atoms with van der Waals surface area (Å²) in [6.45, 7) is 9.84. The van der Waals surface area contributed by atoms with Crippen molar-refractivity contribution >= 4 is 5.69 Å². The molecule has 0 saturated heterocycles. The van der Waals surface area contributed by atoms with Crippen molar-refractivity contribution < 1.29 is 22.0 Å². The third-order valence-electron chi connectivity index (χ3n) is 2.16. The Kier molecular flexibility index (Phi) is 8.38. The molecule has 1 nitrogen and oxygen atoms in total. The molecule has 0 saturated carbocycles. The number of benzene rings is 1. The van der Waals surface area contributed by atoms with Crippen LogP contribution in [0.3, 0.4) is 0 Å². The summed E-state index contributed by atoms with van der Waals surface area (Å²) in [7, 11) is 0. The second kappa shape index (κ2) is 7.96. The zero-order valence-electron chi connectivity index (χ0n) is 12.0. The van der Waals surface area contributed by atoms with Crippen LogP contribution in [0.4, 0.5) is 27.6 Å². The van der Waals surface area contributed by atoms with Crippen LogP contribution < -0.4 is 5.73 Å². The van der Waals surface area contributed by atoms with E-state index in [2.05, 4.69) is 0 Å². The van der Waals surface area contributed by atoms with Gasteiger partial charge < -0.3 is 5.73 Å². The SMILES string of the molecule is CC.CC.Cc1c(F)c(N)c(F)c(C)c1C(F)(F)F. The molecule has 0 spiro atoms. The van der Waals surface area contributed by atoms with E-state index < -0.39 is 40.2 Å². The minimum Gasteiger partial charge on any atom is -0.394 e. The largest absolute Gasteiger partial charge is 0.417 e. The Morgan fingerprint density at radius 1 is 0.789 bits per heavy atom. The molecule has 0 aromatic heterocycles. The molecule has 0 aliphatic rings. The molecule has 1 aromatic carbocycles. The van der Waals surface area contributed by atoms with Gasteiger partial charge in [-0.1, -0.05) is 27.7 Å². The summed E-state index contributed by atoms with van der Waals surface area (Å²) in [5.41, 5.74) is 1.44. The Bertz CT molecular complexity index is 381. The van der Waals surface area contributed by atoms with Crippen molar-refractivity contribution in [3.05, 3.63) is 28.3 Å². The van der Waals surface area contributed by atoms with Gasteiger partial charge in [0.25, 0.3) is 0 Å². The van der Waals surface area contributed by atoms with Crippen molar-refractivity contribution in [2.45, 2.75) is 47.7 Å². The van der Waals surface area contributed by atoms with Gasteiger partial charge >= 0.3 is 6.18 Å². The molecular weight excluding hydrogens is 265 g/mol. The van der Waals surface area contributed by atoms with E-state index in [0.29, 0.717) is 0 Å². The molecule has 0 aliphatic heterocycles. The summed E-state index contributed by atoms with van der Waals surface area (Å²) < 4.78 is 63.5. The lowest BCUT2D eigenvalue weighted by Crippen LogP contribution is -2.15. The van der Waals surface area contributed by atoms with E-state index in [1.54, 1.807) is 0 Å². The highest BCUT2D eigenvalue weighted by Gasteiger charge is 2.37. The molecule has 0 fully saturated rings. The summed E-state index contributed by atoms with van der Waals surface area (Å²) in [6.07, 6.45) is -4.79. The van der Waals surface area contributed by atoms with E-state index in [1.807, 2.05) is 27.7 Å². The molecule has 1 rings (SSSR count). The van der Waals surface area contributed by atoms with Crippen LogP contribution >= 0.6 is 0 Å². The molecule has 0 heterocycles. The molecule has 0 radical (unpaired) electrons. The Morgan fingerprint density at radius 2 is 1.05 bits per heavy atom. The first-order valence-corrected chi connectivity index (χ1v) is 5.98. The third kappa shape index (κ3) is 4.36. The first-order chi connectivity index (χ1) is 8.68. The van der Waals surface area contributed by atoms with Gasteiger partial charge in [0.2, 0.25) is 0 Å². The van der Waals surface area contributed by atoms with E-state index in [-0.39, 0.29) is 0 Å². The van der Waals surface area contributed by atoms with Crippen molar-refractivity contribution in [3.63, 3.8) is 0 Å². The number of alkyl halides is 3. The summed E-state index contributed by atoms with van der Waals surface area (Å²) in [4.78, 5) is 0. The molecule has 6 heteroatoms. The van der Waals surface area contributed by atoms with Gasteiger partial charge in [-0.2, -0.15) is 13.2 Å². The van der Waals surface area contributed by atoms with Crippen LogP contribution in [-0.4, -0.2) is 0 Å². The fourth-order valence-corrected chi connectivity index (χ4v) is 1.43. The van der Waals surface area contributed by atoms with Crippen LogP contribution in [0.25, 0.3) is 0 Å². The van der Waals surface area contributed by atoms with Crippen LogP contribution in [0.15, 0.2) is 0 Å². The van der Waals surface area contributed by atoms with Crippen LogP contribution in [0, 0.1) is 25.5 Å². The highest BCUT2D eigenvalue weighted by molar-refractivity contribution is 5.53. The quantitative estimate of drug-likeness (QED) is 0.512. The van der Waals surface area contributed by atoms with Crippen molar-refractivity contribution in [1.29, 1.82) is 0 Å². The van der Waals surface area contributed by atoms with Gasteiger partial charge in [0.1, 0.15) is 5.69 Å². The summed E-state index contributed by atoms with van der Waals surface area (Å²) in [6, 6.07) is 0. The monoisotopic (exact) mass is 285 g/mol. The van der Waals surface area contributed by atoms with E-state index >= 15 is 0 Å². The van der Waals surface area contributed by atoms with Crippen LogP contribution in [0.1, 0.15) is 44.4 Å². The molecule has 19 heavy (non-hydrogen) atoms. The topological polar surface area (TPSA) is 26.0 Å². The van der Waals surface area contributed by atoms with Gasteiger partial charge in [0, 0.05) is 0 Å². The maximum absolute atomic E-state index is 13.1. The zero-order chi connectivity index (χ0) is 16.0. The number of hydrogen-bond acceptors (Lipinski definition) is 1. The lowest BCUT2D eigenvalue weighted by molar-refractivity contribution is -0.138. The van der Waals surface area contributed by atoms with Crippen molar-refractivity contribution in [1.82, 2.24) is 0 Å². The lowest BCUT2D eigenvalue weighted by atomic mass is 10.00. The third-order valence-corrected chi connectivity index (χ3v) is 2.16. The van der Waals surface area contributed by atoms with Crippen molar-refractivity contribution in [3.8, 4) is 0 Å². The maximum Gasteiger partial charge on any atom is 0.417 e. The van der Waals surface area contributed by atoms with Crippen LogP contribution in [-0.2, 0) is 6.18 Å². The number of anilines is 1. The first-order valence-electron chi connectivity index (χ1n) is 5.98. The zero-order valence-corrected chi connectivity index (χ0v) is 12.0. The summed E-state index contributed by atoms with van der Waals surface area (Å²) in [5, 5.41) is 0. The highest BCUT2D eigenvalue weighted by atomic mass is 19.4. The Balaban J connectivity index is 0. The predicted octanol–water partition coefficient (Wildman–Crippen LogP) is 5.24. The van der Waals surface area contributed by atoms with Gasteiger partial charge in [0.15, 0.2) is 11.6 Å². The molecule has 1 aromatic rings. The van der Waals surface area contributed by atoms with Gasteiger partial charge in [-0.15, -0.1) is 0 Å². The van der Waals surface area contributed by atoms with Crippen molar-refractivity contribution in [2.24, 2.45) is 0 Å². The molecule has 0 amide bonds. The second-order valence-corrected chi connectivity index (χ2v) is 3.16. The first kappa shape index (κ1) is 20.0. The minimum absolute atomic E-state index is 0.682. The molecule has 0 bridgehead atoms. The van der Waals surface area contributed by atoms with Crippen molar-refractivity contribution in [2.75, 3.05) is 5.73 Å². The summed E-state index contributed by atoms with van der Waals surface area (Å²) in [5.74, 6) is -2.71. The Labute approximate surface area is 110 Å². The maximum atomic E-state index is 13.1. The molecule has 0 aliphatic carbocycles. The van der Waals surface area contributed by atoms with Gasteiger partial charge in [0.05, 0.1) is 5.56 Å². The van der Waals surface area contributed by atoms with E-state index in [1.165, 1.54) is 0 Å². The smallest absolute Gasteiger partial charge is 0.394 e. The normalized spacial score (nSPS) is 10.1. The van der Waals surface area contributed by atoms with E-state index in [4.69, 9.17) is 5.73 Å². The molecule has 112 valence electrons. The van der Waals surface area contributed by atoms with Gasteiger partial charge in [-0.05, 0) is 25.0 Å². The fourth-order valence-electron chi connectivity index (χ4n) is 1.43. The number of nitrogens with two attached hydrogens (primary N) is 1. The average molecular weight is 285 g/mol. The number of nitrogen functional groups attached to an aromatic ring is 1. The number of rotatable bonds is 0. The minimum atomic E-state index is -4.79. The van der Waals surface area contributed by atoms with E-state index in [0.717, 1.165) is 13.8 Å². The lowest BCUT2D eigenvalue weighted by Gasteiger charge is -2.16. The highest BCUT2D eigenvalue weighted by Crippen LogP contribution is 2.38. The second-order valence-electron chi connectivity index (χ2n) is 3.16. The van der Waals surface area contributed by atoms with Crippen LogP contribution in [0.5, 0.6) is 0 Å². The average Bonchev–Trinajstić information content (AvgIpc) is 2.37. The summed E-state index contributed by atoms with van der Waals surface area (Å²) >= 11 is 0. The van der Waals surface area contributed by atoms with Gasteiger partial charge in [-0.3, -0.25) is 0 Å². The molecule has 0 atom stereocenters. The standard InChI is InChI=1S/C9H8F5N.2C2H6/c1-3-5(9(12,13)14)4(2)7(11)8(15)6(3)10;2*1-2/h15H2,1-2H3;2*1-2H3. The number of hydrogen-bond donors (Lipinski definition) is 1. The fraction of sp³-hybridized carbons (Fsp3) is 0.538. The van der Waals surface area contributed by atoms with Gasteiger partial charge in [-0.25, -0.2) is 8.78 Å². The van der Waals surface area contributed by atoms with Crippen LogP contribution in [0.2, 0.25) is 0 Å². The van der Waals surface area contributed by atoms with E-state index in [9.17, 15) is 22.0 Å². The molecule has 0 unspecified atom stereocenters. The predicted molar refractivity (Wildman–Crippen MR) is 67.9 cm³/mol. The molecule has 2 N–H and O–H groups in total.